The lowest BCUT2D eigenvalue weighted by molar-refractivity contribution is 0.0902. The van der Waals surface area contributed by atoms with Crippen molar-refractivity contribution in [2.24, 2.45) is 11.7 Å². The normalized spacial score (nSPS) is 23.1. The number of ether oxygens (including phenoxy) is 1. The summed E-state index contributed by atoms with van der Waals surface area (Å²) in [5.41, 5.74) is 6.23. The van der Waals surface area contributed by atoms with Crippen LogP contribution in [0.4, 0.5) is 0 Å². The fourth-order valence-corrected chi connectivity index (χ4v) is 2.94. The first kappa shape index (κ1) is 14.2. The van der Waals surface area contributed by atoms with E-state index in [2.05, 4.69) is 6.92 Å². The van der Waals surface area contributed by atoms with Crippen LogP contribution in [0.1, 0.15) is 44.6 Å². The fraction of sp³-hybridized carbons (Fsp3) is 0.533. The van der Waals surface area contributed by atoms with Crippen molar-refractivity contribution < 1.29 is 4.74 Å². The monoisotopic (exact) mass is 280 g/mol. The smallest absolute Gasteiger partial charge is 0.132 e. The van der Waals surface area contributed by atoms with E-state index in [1.165, 1.54) is 19.3 Å². The number of hydrogen-bond donors (Lipinski definition) is 2. The summed E-state index contributed by atoms with van der Waals surface area (Å²) < 4.78 is 6.13. The summed E-state index contributed by atoms with van der Waals surface area (Å²) in [6.07, 6.45) is 6.13. The second kappa shape index (κ2) is 6.29. The summed E-state index contributed by atoms with van der Waals surface area (Å²) in [4.78, 5) is 0. The van der Waals surface area contributed by atoms with Crippen LogP contribution in [-0.4, -0.2) is 11.9 Å². The van der Waals surface area contributed by atoms with Gasteiger partial charge in [0.2, 0.25) is 0 Å². The molecule has 0 bridgehead atoms. The molecule has 2 unspecified atom stereocenters. The third-order valence-electron chi connectivity index (χ3n) is 3.88. The van der Waals surface area contributed by atoms with Crippen LogP contribution in [0, 0.1) is 11.3 Å². The van der Waals surface area contributed by atoms with E-state index in [-0.39, 0.29) is 11.9 Å². The molecule has 0 radical (unpaired) electrons. The summed E-state index contributed by atoms with van der Waals surface area (Å²) >= 11 is 6.02. The van der Waals surface area contributed by atoms with E-state index in [1.807, 2.05) is 0 Å². The third kappa shape index (κ3) is 3.41. The summed E-state index contributed by atoms with van der Waals surface area (Å²) in [5, 5.41) is 8.23. The zero-order valence-corrected chi connectivity index (χ0v) is 12.0. The van der Waals surface area contributed by atoms with Gasteiger partial charge in [-0.2, -0.15) is 0 Å². The van der Waals surface area contributed by atoms with Crippen molar-refractivity contribution in [2.45, 2.75) is 45.1 Å². The van der Waals surface area contributed by atoms with E-state index in [4.69, 9.17) is 27.5 Å². The van der Waals surface area contributed by atoms with Crippen LogP contribution in [0.25, 0.3) is 0 Å². The predicted molar refractivity (Wildman–Crippen MR) is 79.1 cm³/mol. The Kier molecular flexibility index (Phi) is 4.70. The molecule has 0 aliphatic heterocycles. The zero-order chi connectivity index (χ0) is 13.8. The van der Waals surface area contributed by atoms with Gasteiger partial charge in [0, 0.05) is 5.02 Å². The Balaban J connectivity index is 2.21. The lowest BCUT2D eigenvalue weighted by Gasteiger charge is -2.31. The molecule has 3 nitrogen and oxygen atoms in total. The molecule has 0 amide bonds. The van der Waals surface area contributed by atoms with Crippen LogP contribution >= 0.6 is 11.6 Å². The maximum absolute atomic E-state index is 7.61. The van der Waals surface area contributed by atoms with Gasteiger partial charge in [-0.05, 0) is 49.8 Å². The summed E-state index contributed by atoms with van der Waals surface area (Å²) in [5.74, 6) is 1.26. The molecule has 19 heavy (non-hydrogen) atoms. The second-order valence-corrected chi connectivity index (χ2v) is 5.60. The maximum atomic E-state index is 7.61. The van der Waals surface area contributed by atoms with Crippen molar-refractivity contribution in [3.05, 3.63) is 28.8 Å². The lowest BCUT2D eigenvalue weighted by Crippen LogP contribution is -2.30. The Labute approximate surface area is 119 Å². The maximum Gasteiger partial charge on any atom is 0.132 e. The van der Waals surface area contributed by atoms with Crippen LogP contribution in [0.2, 0.25) is 5.02 Å². The van der Waals surface area contributed by atoms with Crippen LogP contribution in [-0.2, 0) is 0 Å². The molecule has 1 saturated carbocycles. The Morgan fingerprint density at radius 2 is 2.16 bits per heavy atom. The number of hydrogen-bond acceptors (Lipinski definition) is 2. The van der Waals surface area contributed by atoms with Gasteiger partial charge in [0.1, 0.15) is 17.7 Å². The molecule has 1 aromatic carbocycles. The van der Waals surface area contributed by atoms with Crippen LogP contribution in [0.3, 0.4) is 0 Å². The second-order valence-electron chi connectivity index (χ2n) is 5.16. The first-order valence-electron chi connectivity index (χ1n) is 6.92. The highest BCUT2D eigenvalue weighted by molar-refractivity contribution is 6.30. The largest absolute Gasteiger partial charge is 0.489 e. The van der Waals surface area contributed by atoms with Crippen LogP contribution in [0.15, 0.2) is 18.2 Å². The minimum Gasteiger partial charge on any atom is -0.489 e. The molecule has 104 valence electrons. The number of nitrogen functional groups attached to an aromatic ring is 1. The number of nitrogens with two attached hydrogens (primary N) is 1. The number of nitrogens with one attached hydrogen (secondary N) is 1. The van der Waals surface area contributed by atoms with Gasteiger partial charge < -0.3 is 10.5 Å². The van der Waals surface area contributed by atoms with Gasteiger partial charge in [-0.1, -0.05) is 24.9 Å². The Hall–Kier alpha value is -1.22. The molecule has 0 saturated heterocycles. The lowest BCUT2D eigenvalue weighted by atomic mass is 9.84. The van der Waals surface area contributed by atoms with Gasteiger partial charge in [0.25, 0.3) is 0 Å². The van der Waals surface area contributed by atoms with Gasteiger partial charge in [-0.15, -0.1) is 0 Å². The molecule has 0 aromatic heterocycles. The summed E-state index contributed by atoms with van der Waals surface area (Å²) in [6.45, 7) is 2.20. The SMILES string of the molecule is CCC1CCCCC1Oc1cc(Cl)ccc1C(=N)N. The van der Waals surface area contributed by atoms with E-state index in [0.717, 1.165) is 12.8 Å². The van der Waals surface area contributed by atoms with Crippen molar-refractivity contribution in [1.29, 1.82) is 5.41 Å². The van der Waals surface area contributed by atoms with Crippen LogP contribution in [0.5, 0.6) is 5.75 Å². The molecule has 2 atom stereocenters. The van der Waals surface area contributed by atoms with Gasteiger partial charge >= 0.3 is 0 Å². The Morgan fingerprint density at radius 3 is 2.84 bits per heavy atom. The van der Waals surface area contributed by atoms with Crippen molar-refractivity contribution in [1.82, 2.24) is 0 Å². The van der Waals surface area contributed by atoms with E-state index in [9.17, 15) is 0 Å². The van der Waals surface area contributed by atoms with Crippen LogP contribution < -0.4 is 10.5 Å². The van der Waals surface area contributed by atoms with E-state index >= 15 is 0 Å². The highest BCUT2D eigenvalue weighted by atomic mass is 35.5. The zero-order valence-electron chi connectivity index (χ0n) is 11.3. The van der Waals surface area contributed by atoms with Gasteiger partial charge in [-0.3, -0.25) is 5.41 Å². The van der Waals surface area contributed by atoms with E-state index in [1.54, 1.807) is 18.2 Å². The highest BCUT2D eigenvalue weighted by Gasteiger charge is 2.26. The summed E-state index contributed by atoms with van der Waals surface area (Å²) in [6, 6.07) is 5.26. The van der Waals surface area contributed by atoms with Gasteiger partial charge in [0.05, 0.1) is 5.56 Å². The first-order valence-corrected chi connectivity index (χ1v) is 7.30. The van der Waals surface area contributed by atoms with E-state index < -0.39 is 0 Å². The minimum absolute atomic E-state index is 0.0236. The average Bonchev–Trinajstić information content (AvgIpc) is 2.39. The molecule has 0 heterocycles. The first-order chi connectivity index (χ1) is 9.11. The van der Waals surface area contributed by atoms with Gasteiger partial charge in [0.15, 0.2) is 0 Å². The third-order valence-corrected chi connectivity index (χ3v) is 4.11. The number of amidine groups is 1. The number of halogens is 1. The van der Waals surface area contributed by atoms with Crippen molar-refractivity contribution in [3.63, 3.8) is 0 Å². The molecule has 1 fully saturated rings. The topological polar surface area (TPSA) is 59.1 Å². The molecular formula is C15H21ClN2O. The number of benzene rings is 1. The molecule has 1 aromatic rings. The molecule has 0 spiro atoms. The van der Waals surface area contributed by atoms with Gasteiger partial charge in [-0.25, -0.2) is 0 Å². The Morgan fingerprint density at radius 1 is 1.42 bits per heavy atom. The summed E-state index contributed by atoms with van der Waals surface area (Å²) in [7, 11) is 0. The molecule has 3 N–H and O–H groups in total. The Bertz CT molecular complexity index is 461. The standard InChI is InChI=1S/C15H21ClN2O/c1-2-10-5-3-4-6-13(10)19-14-9-11(16)7-8-12(14)15(17)18/h7-10,13H,2-6H2,1H3,(H3,17,18). The number of rotatable bonds is 4. The van der Waals surface area contributed by atoms with Crippen molar-refractivity contribution >= 4 is 17.4 Å². The minimum atomic E-state index is 0.0236. The predicted octanol–water partition coefficient (Wildman–Crippen LogP) is 3.97. The van der Waals surface area contributed by atoms with Crippen molar-refractivity contribution in [2.75, 3.05) is 0 Å². The average molecular weight is 281 g/mol. The van der Waals surface area contributed by atoms with E-state index in [0.29, 0.717) is 22.3 Å². The highest BCUT2D eigenvalue weighted by Crippen LogP contribution is 2.32. The molecule has 1 aliphatic carbocycles. The molecule has 1 aliphatic rings. The quantitative estimate of drug-likeness (QED) is 0.647. The molecule has 2 rings (SSSR count). The molecule has 4 heteroatoms. The molecular weight excluding hydrogens is 260 g/mol. The van der Waals surface area contributed by atoms with Crippen molar-refractivity contribution in [3.8, 4) is 5.75 Å². The fourth-order valence-electron chi connectivity index (χ4n) is 2.78.